The first-order valence-electron chi connectivity index (χ1n) is 7.47. The number of aryl methyl sites for hydroxylation is 1. The van der Waals surface area contributed by atoms with Crippen molar-refractivity contribution >= 4 is 17.2 Å². The van der Waals surface area contributed by atoms with Gasteiger partial charge in [-0.3, -0.25) is 4.79 Å². The second kappa shape index (κ2) is 6.02. The van der Waals surface area contributed by atoms with Gasteiger partial charge in [-0.15, -0.1) is 0 Å². The first-order chi connectivity index (χ1) is 10.7. The fraction of sp³-hybridized carbons (Fsp3) is 0.222. The Labute approximate surface area is 130 Å². The molecule has 4 nitrogen and oxygen atoms in total. The first kappa shape index (κ1) is 14.3. The number of hydrogen-bond donors (Lipinski definition) is 0. The number of likely N-dealkylation sites (N-methyl/N-ethyl adjacent to an activating group) is 1. The Kier molecular flexibility index (Phi) is 3.92. The van der Waals surface area contributed by atoms with Gasteiger partial charge in [-0.2, -0.15) is 0 Å². The molecule has 0 spiro atoms. The monoisotopic (exact) mass is 293 g/mol. The maximum absolute atomic E-state index is 12.6. The van der Waals surface area contributed by atoms with E-state index in [-0.39, 0.29) is 5.91 Å². The summed E-state index contributed by atoms with van der Waals surface area (Å²) >= 11 is 0. The van der Waals surface area contributed by atoms with Crippen molar-refractivity contribution < 1.29 is 4.79 Å². The van der Waals surface area contributed by atoms with E-state index in [9.17, 15) is 4.79 Å². The Hall–Kier alpha value is -2.62. The van der Waals surface area contributed by atoms with Crippen LogP contribution >= 0.6 is 0 Å². The molecule has 1 amide bonds. The average molecular weight is 293 g/mol. The third-order valence-electron chi connectivity index (χ3n) is 3.68. The Bertz CT molecular complexity index is 774. The van der Waals surface area contributed by atoms with Crippen molar-refractivity contribution in [3.05, 3.63) is 66.1 Å². The molecule has 1 aromatic carbocycles. The zero-order valence-electron chi connectivity index (χ0n) is 12.9. The molecule has 0 aliphatic rings. The Morgan fingerprint density at radius 3 is 2.82 bits per heavy atom. The number of rotatable bonds is 4. The van der Waals surface area contributed by atoms with Gasteiger partial charge in [-0.25, -0.2) is 4.98 Å². The molecule has 2 heterocycles. The molecular formula is C18H19N3O. The lowest BCUT2D eigenvalue weighted by Crippen LogP contribution is -2.32. The van der Waals surface area contributed by atoms with Gasteiger partial charge in [0.15, 0.2) is 0 Å². The topological polar surface area (TPSA) is 37.6 Å². The molecular weight excluding hydrogens is 274 g/mol. The predicted octanol–water partition coefficient (Wildman–Crippen LogP) is 3.24. The molecule has 0 saturated heterocycles. The van der Waals surface area contributed by atoms with Crippen LogP contribution in [0.15, 0.2) is 54.9 Å². The Balaban J connectivity index is 1.82. The highest BCUT2D eigenvalue weighted by atomic mass is 16.2. The fourth-order valence-corrected chi connectivity index (χ4v) is 2.62. The van der Waals surface area contributed by atoms with Crippen molar-refractivity contribution in [1.29, 1.82) is 0 Å². The van der Waals surface area contributed by atoms with Crippen LogP contribution in [-0.2, 0) is 11.2 Å². The summed E-state index contributed by atoms with van der Waals surface area (Å²) in [5.74, 6) is 0.0662. The number of anilines is 1. The molecule has 0 N–H and O–H groups in total. The van der Waals surface area contributed by atoms with E-state index in [1.54, 1.807) is 4.90 Å². The minimum Gasteiger partial charge on any atom is -0.312 e. The number of pyridine rings is 1. The van der Waals surface area contributed by atoms with Crippen molar-refractivity contribution in [2.45, 2.75) is 20.3 Å². The molecule has 0 fully saturated rings. The zero-order valence-corrected chi connectivity index (χ0v) is 12.9. The number of benzene rings is 1. The van der Waals surface area contributed by atoms with Gasteiger partial charge in [-0.05, 0) is 43.7 Å². The molecule has 22 heavy (non-hydrogen) atoms. The predicted molar refractivity (Wildman–Crippen MR) is 88.1 cm³/mol. The number of hydrogen-bond acceptors (Lipinski definition) is 2. The maximum Gasteiger partial charge on any atom is 0.233 e. The van der Waals surface area contributed by atoms with E-state index < -0.39 is 0 Å². The van der Waals surface area contributed by atoms with Crippen LogP contribution in [0.2, 0.25) is 0 Å². The van der Waals surface area contributed by atoms with E-state index in [1.165, 1.54) is 0 Å². The van der Waals surface area contributed by atoms with E-state index in [2.05, 4.69) is 4.98 Å². The van der Waals surface area contributed by atoms with Crippen LogP contribution in [0.25, 0.3) is 5.65 Å². The lowest BCUT2D eigenvalue weighted by atomic mass is 10.2. The normalized spacial score (nSPS) is 10.8. The molecule has 0 bridgehead atoms. The van der Waals surface area contributed by atoms with Gasteiger partial charge in [0.25, 0.3) is 0 Å². The minimum atomic E-state index is 0.0662. The van der Waals surface area contributed by atoms with Gasteiger partial charge in [0.1, 0.15) is 5.65 Å². The van der Waals surface area contributed by atoms with Crippen molar-refractivity contribution in [2.75, 3.05) is 11.4 Å². The summed E-state index contributed by atoms with van der Waals surface area (Å²) in [5, 5.41) is 0. The second-order valence-electron chi connectivity index (χ2n) is 5.35. The third-order valence-corrected chi connectivity index (χ3v) is 3.68. The molecule has 0 atom stereocenters. The standard InChI is InChI=1S/C18H19N3O/c1-3-21(16-8-6-7-14(2)11-16)18(22)12-15-13-20-10-5-4-9-17(20)19-15/h4-11,13H,3,12H2,1-2H3. The molecule has 2 aromatic heterocycles. The summed E-state index contributed by atoms with van der Waals surface area (Å²) < 4.78 is 1.94. The van der Waals surface area contributed by atoms with Crippen LogP contribution in [0.5, 0.6) is 0 Å². The average Bonchev–Trinajstić information content (AvgIpc) is 2.90. The molecule has 0 aliphatic heterocycles. The van der Waals surface area contributed by atoms with Gasteiger partial charge < -0.3 is 9.30 Å². The largest absolute Gasteiger partial charge is 0.312 e. The van der Waals surface area contributed by atoms with E-state index >= 15 is 0 Å². The number of carbonyl (C=O) groups is 1. The summed E-state index contributed by atoms with van der Waals surface area (Å²) in [7, 11) is 0. The van der Waals surface area contributed by atoms with Crippen LogP contribution in [-0.4, -0.2) is 21.8 Å². The van der Waals surface area contributed by atoms with E-state index in [4.69, 9.17) is 0 Å². The Morgan fingerprint density at radius 2 is 2.09 bits per heavy atom. The first-order valence-corrected chi connectivity index (χ1v) is 7.47. The summed E-state index contributed by atoms with van der Waals surface area (Å²) in [6, 6.07) is 13.8. The highest BCUT2D eigenvalue weighted by Gasteiger charge is 2.16. The van der Waals surface area contributed by atoms with Gasteiger partial charge in [-0.1, -0.05) is 18.2 Å². The van der Waals surface area contributed by atoms with Crippen LogP contribution in [0.4, 0.5) is 5.69 Å². The summed E-state index contributed by atoms with van der Waals surface area (Å²) in [4.78, 5) is 18.9. The van der Waals surface area contributed by atoms with E-state index in [1.807, 2.05) is 73.1 Å². The van der Waals surface area contributed by atoms with Crippen molar-refractivity contribution in [1.82, 2.24) is 9.38 Å². The third kappa shape index (κ3) is 2.86. The quantitative estimate of drug-likeness (QED) is 0.740. The Morgan fingerprint density at radius 1 is 1.23 bits per heavy atom. The van der Waals surface area contributed by atoms with Crippen molar-refractivity contribution in [3.8, 4) is 0 Å². The second-order valence-corrected chi connectivity index (χ2v) is 5.35. The van der Waals surface area contributed by atoms with Gasteiger partial charge in [0.05, 0.1) is 12.1 Å². The van der Waals surface area contributed by atoms with Crippen LogP contribution in [0.3, 0.4) is 0 Å². The SMILES string of the molecule is CCN(C(=O)Cc1cn2ccccc2n1)c1cccc(C)c1. The van der Waals surface area contributed by atoms with E-state index in [0.717, 1.165) is 22.6 Å². The van der Waals surface area contributed by atoms with Gasteiger partial charge in [0.2, 0.25) is 5.91 Å². The van der Waals surface area contributed by atoms with E-state index in [0.29, 0.717) is 13.0 Å². The lowest BCUT2D eigenvalue weighted by Gasteiger charge is -2.21. The number of imidazole rings is 1. The molecule has 3 rings (SSSR count). The lowest BCUT2D eigenvalue weighted by molar-refractivity contribution is -0.118. The van der Waals surface area contributed by atoms with Gasteiger partial charge >= 0.3 is 0 Å². The highest BCUT2D eigenvalue weighted by Crippen LogP contribution is 2.17. The number of nitrogens with zero attached hydrogens (tertiary/aromatic N) is 3. The van der Waals surface area contributed by atoms with Gasteiger partial charge in [0, 0.05) is 24.6 Å². The summed E-state index contributed by atoms with van der Waals surface area (Å²) in [6.07, 6.45) is 4.16. The molecule has 4 heteroatoms. The van der Waals surface area contributed by atoms with Crippen LogP contribution in [0.1, 0.15) is 18.2 Å². The van der Waals surface area contributed by atoms with Crippen molar-refractivity contribution in [2.24, 2.45) is 0 Å². The molecule has 3 aromatic rings. The molecule has 0 aliphatic carbocycles. The minimum absolute atomic E-state index is 0.0662. The molecule has 0 radical (unpaired) electrons. The van der Waals surface area contributed by atoms with Crippen LogP contribution < -0.4 is 4.90 Å². The molecule has 0 saturated carbocycles. The van der Waals surface area contributed by atoms with Crippen molar-refractivity contribution in [3.63, 3.8) is 0 Å². The maximum atomic E-state index is 12.6. The molecule has 112 valence electrons. The number of carbonyl (C=O) groups excluding carboxylic acids is 1. The number of aromatic nitrogens is 2. The van der Waals surface area contributed by atoms with Crippen LogP contribution in [0, 0.1) is 6.92 Å². The zero-order chi connectivity index (χ0) is 15.5. The number of fused-ring (bicyclic) bond motifs is 1. The smallest absolute Gasteiger partial charge is 0.233 e. The fourth-order valence-electron chi connectivity index (χ4n) is 2.62. The summed E-state index contributed by atoms with van der Waals surface area (Å²) in [5.41, 5.74) is 3.75. The highest BCUT2D eigenvalue weighted by molar-refractivity contribution is 5.94. The number of amides is 1. The summed E-state index contributed by atoms with van der Waals surface area (Å²) in [6.45, 7) is 4.67. The molecule has 0 unspecified atom stereocenters.